The summed E-state index contributed by atoms with van der Waals surface area (Å²) in [5.41, 5.74) is 3.07. The fourth-order valence-corrected chi connectivity index (χ4v) is 3.31. The number of hydrogen-bond acceptors (Lipinski definition) is 2. The van der Waals surface area contributed by atoms with Crippen molar-refractivity contribution in [1.29, 1.82) is 0 Å². The van der Waals surface area contributed by atoms with Gasteiger partial charge in [-0.3, -0.25) is 0 Å². The molecular weight excluding hydrogens is 282 g/mol. The summed E-state index contributed by atoms with van der Waals surface area (Å²) in [7, 11) is -1.66. The molecule has 0 aliphatic rings. The lowest BCUT2D eigenvalue weighted by Crippen LogP contribution is -2.27. The van der Waals surface area contributed by atoms with Gasteiger partial charge in [0.25, 0.3) is 0 Å². The lowest BCUT2D eigenvalue weighted by Gasteiger charge is -2.17. The Balaban J connectivity index is 2.05. The minimum atomic E-state index is -3.29. The summed E-state index contributed by atoms with van der Waals surface area (Å²) in [6, 6.07) is 17.3. The van der Waals surface area contributed by atoms with Crippen LogP contribution in [0.25, 0.3) is 0 Å². The monoisotopic (exact) mass is 303 g/mol. The summed E-state index contributed by atoms with van der Waals surface area (Å²) in [5.74, 6) is 0.0391. The van der Waals surface area contributed by atoms with Crippen LogP contribution in [0.2, 0.25) is 0 Å². The molecule has 0 heterocycles. The lowest BCUT2D eigenvalue weighted by atomic mass is 10.1. The van der Waals surface area contributed by atoms with Crippen LogP contribution in [0.15, 0.2) is 54.6 Å². The Kier molecular flexibility index (Phi) is 5.15. The van der Waals surface area contributed by atoms with Crippen molar-refractivity contribution in [3.05, 3.63) is 71.3 Å². The number of sulfonamides is 1. The molecule has 0 amide bonds. The van der Waals surface area contributed by atoms with Crippen LogP contribution >= 0.6 is 0 Å². The van der Waals surface area contributed by atoms with E-state index in [9.17, 15) is 8.42 Å². The van der Waals surface area contributed by atoms with E-state index in [2.05, 4.69) is 6.92 Å². The minimum absolute atomic E-state index is 0.0391. The molecule has 21 heavy (non-hydrogen) atoms. The highest BCUT2D eigenvalue weighted by Crippen LogP contribution is 2.13. The fourth-order valence-electron chi connectivity index (χ4n) is 2.13. The van der Waals surface area contributed by atoms with Crippen LogP contribution in [0.5, 0.6) is 0 Å². The normalized spacial score (nSPS) is 11.8. The summed E-state index contributed by atoms with van der Waals surface area (Å²) in [5, 5.41) is 0. The van der Waals surface area contributed by atoms with E-state index in [0.29, 0.717) is 6.54 Å². The third kappa shape index (κ3) is 4.41. The molecule has 0 aliphatic heterocycles. The van der Waals surface area contributed by atoms with Crippen molar-refractivity contribution in [3.63, 3.8) is 0 Å². The molecule has 2 aromatic rings. The summed E-state index contributed by atoms with van der Waals surface area (Å²) in [6.45, 7) is 2.50. The fraction of sp³-hybridized carbons (Fsp3) is 0.294. The molecule has 0 saturated heterocycles. The molecule has 0 radical (unpaired) electrons. The van der Waals surface area contributed by atoms with Gasteiger partial charge in [-0.15, -0.1) is 0 Å². The van der Waals surface area contributed by atoms with Crippen molar-refractivity contribution in [3.8, 4) is 0 Å². The van der Waals surface area contributed by atoms with Gasteiger partial charge in [0.15, 0.2) is 0 Å². The van der Waals surface area contributed by atoms with E-state index in [1.807, 2.05) is 54.6 Å². The van der Waals surface area contributed by atoms with Gasteiger partial charge < -0.3 is 0 Å². The van der Waals surface area contributed by atoms with Crippen molar-refractivity contribution in [2.24, 2.45) is 0 Å². The molecule has 2 aromatic carbocycles. The van der Waals surface area contributed by atoms with Crippen LogP contribution in [0, 0.1) is 0 Å². The summed E-state index contributed by atoms with van der Waals surface area (Å²) >= 11 is 0. The van der Waals surface area contributed by atoms with E-state index < -0.39 is 10.0 Å². The second-order valence-corrected chi connectivity index (χ2v) is 7.24. The molecule has 3 nitrogen and oxygen atoms in total. The lowest BCUT2D eigenvalue weighted by molar-refractivity contribution is 0.466. The molecule has 0 bridgehead atoms. The second-order valence-electron chi connectivity index (χ2n) is 5.17. The first-order chi connectivity index (χ1) is 10.0. The Morgan fingerprint density at radius 2 is 1.43 bits per heavy atom. The standard InChI is InChI=1S/C17H21NO2S/c1-3-15-9-11-16(12-10-15)13-18(2)21(19,20)14-17-7-5-4-6-8-17/h4-12H,3,13-14H2,1-2H3. The van der Waals surface area contributed by atoms with Crippen molar-refractivity contribution >= 4 is 10.0 Å². The highest BCUT2D eigenvalue weighted by molar-refractivity contribution is 7.88. The van der Waals surface area contributed by atoms with Gasteiger partial charge in [0, 0.05) is 13.6 Å². The molecule has 2 rings (SSSR count). The molecule has 0 unspecified atom stereocenters. The SMILES string of the molecule is CCc1ccc(CN(C)S(=O)(=O)Cc2ccccc2)cc1. The van der Waals surface area contributed by atoms with E-state index in [4.69, 9.17) is 0 Å². The van der Waals surface area contributed by atoms with Gasteiger partial charge in [0.1, 0.15) is 0 Å². The molecule has 4 heteroatoms. The molecule has 0 fully saturated rings. The van der Waals surface area contributed by atoms with E-state index >= 15 is 0 Å². The first-order valence-electron chi connectivity index (χ1n) is 7.07. The van der Waals surface area contributed by atoms with Gasteiger partial charge in [-0.1, -0.05) is 61.5 Å². The van der Waals surface area contributed by atoms with Crippen molar-refractivity contribution in [2.45, 2.75) is 25.6 Å². The number of hydrogen-bond donors (Lipinski definition) is 0. The summed E-state index contributed by atoms with van der Waals surface area (Å²) < 4.78 is 26.1. The van der Waals surface area contributed by atoms with Gasteiger partial charge in [-0.05, 0) is 23.1 Å². The molecular formula is C17H21NO2S. The Morgan fingerprint density at radius 1 is 0.857 bits per heavy atom. The highest BCUT2D eigenvalue weighted by atomic mass is 32.2. The first kappa shape index (κ1) is 15.7. The molecule has 0 N–H and O–H groups in total. The summed E-state index contributed by atoms with van der Waals surface area (Å²) in [6.07, 6.45) is 0.989. The topological polar surface area (TPSA) is 37.4 Å². The van der Waals surface area contributed by atoms with Crippen LogP contribution in [-0.4, -0.2) is 19.8 Å². The zero-order chi connectivity index (χ0) is 15.3. The number of nitrogens with zero attached hydrogens (tertiary/aromatic N) is 1. The van der Waals surface area contributed by atoms with E-state index in [1.165, 1.54) is 9.87 Å². The van der Waals surface area contributed by atoms with Crippen molar-refractivity contribution in [1.82, 2.24) is 4.31 Å². The smallest absolute Gasteiger partial charge is 0.212 e. The van der Waals surface area contributed by atoms with E-state index in [-0.39, 0.29) is 5.75 Å². The minimum Gasteiger partial charge on any atom is -0.212 e. The molecule has 0 spiro atoms. The van der Waals surface area contributed by atoms with Crippen LogP contribution in [-0.2, 0) is 28.7 Å². The van der Waals surface area contributed by atoms with Gasteiger partial charge in [0.05, 0.1) is 5.75 Å². The zero-order valence-electron chi connectivity index (χ0n) is 12.5. The molecule has 0 saturated carbocycles. The van der Waals surface area contributed by atoms with Crippen LogP contribution in [0.1, 0.15) is 23.6 Å². The molecule has 0 atom stereocenters. The van der Waals surface area contributed by atoms with Gasteiger partial charge >= 0.3 is 0 Å². The number of rotatable bonds is 6. The van der Waals surface area contributed by atoms with Gasteiger partial charge in [-0.25, -0.2) is 12.7 Å². The van der Waals surface area contributed by atoms with Gasteiger partial charge in [0.2, 0.25) is 10.0 Å². The van der Waals surface area contributed by atoms with Crippen LogP contribution < -0.4 is 0 Å². The van der Waals surface area contributed by atoms with Crippen LogP contribution in [0.4, 0.5) is 0 Å². The van der Waals surface area contributed by atoms with E-state index in [1.54, 1.807) is 7.05 Å². The Labute approximate surface area is 127 Å². The maximum absolute atomic E-state index is 12.4. The maximum Gasteiger partial charge on any atom is 0.218 e. The predicted molar refractivity (Wildman–Crippen MR) is 86.4 cm³/mol. The Hall–Kier alpha value is -1.65. The van der Waals surface area contributed by atoms with Crippen LogP contribution in [0.3, 0.4) is 0 Å². The maximum atomic E-state index is 12.4. The molecule has 112 valence electrons. The van der Waals surface area contributed by atoms with Gasteiger partial charge in [-0.2, -0.15) is 0 Å². The average molecular weight is 303 g/mol. The Morgan fingerprint density at radius 3 is 2.00 bits per heavy atom. The second kappa shape index (κ2) is 6.87. The van der Waals surface area contributed by atoms with Crippen molar-refractivity contribution in [2.75, 3.05) is 7.05 Å². The van der Waals surface area contributed by atoms with E-state index in [0.717, 1.165) is 17.5 Å². The quantitative estimate of drug-likeness (QED) is 0.822. The zero-order valence-corrected chi connectivity index (χ0v) is 13.3. The highest BCUT2D eigenvalue weighted by Gasteiger charge is 2.18. The third-order valence-electron chi connectivity index (χ3n) is 3.50. The number of benzene rings is 2. The molecule has 0 aromatic heterocycles. The Bertz CT molecular complexity index is 664. The number of aryl methyl sites for hydroxylation is 1. The first-order valence-corrected chi connectivity index (χ1v) is 8.68. The average Bonchev–Trinajstić information content (AvgIpc) is 2.48. The summed E-state index contributed by atoms with van der Waals surface area (Å²) in [4.78, 5) is 0. The third-order valence-corrected chi connectivity index (χ3v) is 5.28. The predicted octanol–water partition coefficient (Wildman–Crippen LogP) is 3.21. The largest absolute Gasteiger partial charge is 0.218 e. The molecule has 0 aliphatic carbocycles. The van der Waals surface area contributed by atoms with Crippen molar-refractivity contribution < 1.29 is 8.42 Å².